The lowest BCUT2D eigenvalue weighted by Gasteiger charge is -2.18. The predicted molar refractivity (Wildman–Crippen MR) is 123 cm³/mol. The molecule has 3 aromatic rings. The van der Waals surface area contributed by atoms with Gasteiger partial charge >= 0.3 is 5.97 Å². The van der Waals surface area contributed by atoms with Gasteiger partial charge in [-0.3, -0.25) is 4.79 Å². The van der Waals surface area contributed by atoms with Crippen LogP contribution in [0.25, 0.3) is 0 Å². The molecule has 0 heterocycles. The molecule has 0 atom stereocenters. The Hall–Kier alpha value is -3.44. The number of nitrogens with zero attached hydrogens (tertiary/aromatic N) is 1. The van der Waals surface area contributed by atoms with Gasteiger partial charge in [-0.2, -0.15) is 5.10 Å². The molecular weight excluding hydrogens is 412 g/mol. The van der Waals surface area contributed by atoms with Crippen molar-refractivity contribution in [2.75, 3.05) is 0 Å². The van der Waals surface area contributed by atoms with Crippen LogP contribution in [-0.2, 0) is 5.41 Å². The van der Waals surface area contributed by atoms with Gasteiger partial charge in [0.2, 0.25) is 0 Å². The molecule has 0 radical (unpaired) electrons. The smallest absolute Gasteiger partial charge is 0.345 e. The average molecular weight is 435 g/mol. The van der Waals surface area contributed by atoms with Crippen LogP contribution in [0, 0.1) is 0 Å². The number of carbonyl (C=O) groups excluding carboxylic acids is 2. The maximum Gasteiger partial charge on any atom is 0.345 e. The number of nitrogens with one attached hydrogen (secondary N) is 1. The molecule has 0 spiro atoms. The predicted octanol–water partition coefficient (Wildman–Crippen LogP) is 5.62. The number of ether oxygens (including phenoxy) is 1. The highest BCUT2D eigenvalue weighted by atomic mass is 35.5. The molecule has 0 unspecified atom stereocenters. The molecule has 0 aromatic heterocycles. The van der Waals surface area contributed by atoms with Crippen molar-refractivity contribution >= 4 is 29.7 Å². The van der Waals surface area contributed by atoms with E-state index in [9.17, 15) is 9.59 Å². The first-order valence-corrected chi connectivity index (χ1v) is 10.1. The molecule has 1 amide bonds. The third-order valence-corrected chi connectivity index (χ3v) is 4.91. The summed E-state index contributed by atoms with van der Waals surface area (Å²) in [5.41, 5.74) is 5.27. The van der Waals surface area contributed by atoms with Crippen molar-refractivity contribution in [2.45, 2.75) is 26.2 Å². The molecule has 0 aliphatic rings. The lowest BCUT2D eigenvalue weighted by atomic mass is 9.87. The molecule has 0 saturated heterocycles. The van der Waals surface area contributed by atoms with Crippen molar-refractivity contribution in [3.63, 3.8) is 0 Å². The van der Waals surface area contributed by atoms with Crippen molar-refractivity contribution in [1.29, 1.82) is 0 Å². The maximum absolute atomic E-state index is 12.2. The fourth-order valence-electron chi connectivity index (χ4n) is 2.76. The van der Waals surface area contributed by atoms with E-state index in [1.807, 2.05) is 12.1 Å². The first-order chi connectivity index (χ1) is 14.7. The van der Waals surface area contributed by atoms with Gasteiger partial charge < -0.3 is 4.74 Å². The standard InChI is InChI=1S/C25H23ClN2O3/c1-25(2,3)19-12-10-18(11-13-19)23(29)28-27-16-17-8-14-20(15-9-17)31-24(30)21-6-4-5-7-22(21)26/h4-16H,1-3H3,(H,28,29)/b27-16+. The van der Waals surface area contributed by atoms with Crippen molar-refractivity contribution in [2.24, 2.45) is 5.10 Å². The van der Waals surface area contributed by atoms with Crippen LogP contribution in [0.1, 0.15) is 52.6 Å². The highest BCUT2D eigenvalue weighted by molar-refractivity contribution is 6.33. The Bertz CT molecular complexity index is 1100. The SMILES string of the molecule is CC(C)(C)c1ccc(C(=O)N/N=C/c2ccc(OC(=O)c3ccccc3Cl)cc2)cc1. The second kappa shape index (κ2) is 9.58. The van der Waals surface area contributed by atoms with Gasteiger partial charge in [0.05, 0.1) is 16.8 Å². The number of amides is 1. The van der Waals surface area contributed by atoms with Crippen LogP contribution in [0.2, 0.25) is 5.02 Å². The number of halogens is 1. The van der Waals surface area contributed by atoms with E-state index in [-0.39, 0.29) is 11.3 Å². The molecular formula is C25H23ClN2O3. The molecule has 3 rings (SSSR count). The lowest BCUT2D eigenvalue weighted by Crippen LogP contribution is -2.18. The zero-order valence-electron chi connectivity index (χ0n) is 17.6. The molecule has 31 heavy (non-hydrogen) atoms. The summed E-state index contributed by atoms with van der Waals surface area (Å²) < 4.78 is 5.33. The molecule has 1 N–H and O–H groups in total. The first-order valence-electron chi connectivity index (χ1n) is 9.75. The van der Waals surface area contributed by atoms with Gasteiger partial charge in [0.1, 0.15) is 5.75 Å². The Morgan fingerprint density at radius 1 is 0.935 bits per heavy atom. The van der Waals surface area contributed by atoms with Gasteiger partial charge in [0.25, 0.3) is 5.91 Å². The summed E-state index contributed by atoms with van der Waals surface area (Å²) in [6.45, 7) is 6.36. The monoisotopic (exact) mass is 434 g/mol. The molecule has 0 bridgehead atoms. The number of benzene rings is 3. The van der Waals surface area contributed by atoms with Crippen molar-refractivity contribution in [3.05, 3.63) is 100 Å². The molecule has 5 nitrogen and oxygen atoms in total. The highest BCUT2D eigenvalue weighted by Crippen LogP contribution is 2.22. The van der Waals surface area contributed by atoms with Gasteiger partial charge in [-0.1, -0.05) is 56.6 Å². The molecule has 158 valence electrons. The summed E-state index contributed by atoms with van der Waals surface area (Å²) >= 11 is 6.01. The van der Waals surface area contributed by atoms with Crippen LogP contribution in [0.3, 0.4) is 0 Å². The van der Waals surface area contributed by atoms with Gasteiger partial charge in [0.15, 0.2) is 0 Å². The van der Waals surface area contributed by atoms with Crippen LogP contribution in [-0.4, -0.2) is 18.1 Å². The van der Waals surface area contributed by atoms with Gasteiger partial charge in [-0.25, -0.2) is 10.2 Å². The zero-order chi connectivity index (χ0) is 22.4. The quantitative estimate of drug-likeness (QED) is 0.245. The lowest BCUT2D eigenvalue weighted by molar-refractivity contribution is 0.0734. The number of carbonyl (C=O) groups is 2. The third-order valence-electron chi connectivity index (χ3n) is 4.58. The second-order valence-electron chi connectivity index (χ2n) is 7.96. The van der Waals surface area contributed by atoms with Crippen molar-refractivity contribution in [3.8, 4) is 5.75 Å². The van der Waals surface area contributed by atoms with Gasteiger partial charge in [-0.15, -0.1) is 0 Å². The number of hydrogen-bond donors (Lipinski definition) is 1. The van der Waals surface area contributed by atoms with E-state index in [0.717, 1.165) is 11.1 Å². The zero-order valence-corrected chi connectivity index (χ0v) is 18.3. The summed E-state index contributed by atoms with van der Waals surface area (Å²) in [5.74, 6) is -0.441. The third kappa shape index (κ3) is 6.03. The minimum Gasteiger partial charge on any atom is -0.423 e. The molecule has 0 saturated carbocycles. The summed E-state index contributed by atoms with van der Waals surface area (Å²) in [4.78, 5) is 24.4. The summed E-state index contributed by atoms with van der Waals surface area (Å²) in [5, 5.41) is 4.32. The second-order valence-corrected chi connectivity index (χ2v) is 8.37. The largest absolute Gasteiger partial charge is 0.423 e. The fourth-order valence-corrected chi connectivity index (χ4v) is 2.98. The fraction of sp³-hybridized carbons (Fsp3) is 0.160. The topological polar surface area (TPSA) is 67.8 Å². The maximum atomic E-state index is 12.2. The van der Waals surface area contributed by atoms with E-state index in [1.165, 1.54) is 6.21 Å². The first kappa shape index (κ1) is 22.2. The van der Waals surface area contributed by atoms with Crippen LogP contribution >= 0.6 is 11.6 Å². The Balaban J connectivity index is 1.56. The van der Waals surface area contributed by atoms with E-state index < -0.39 is 5.97 Å². The van der Waals surface area contributed by atoms with E-state index >= 15 is 0 Å². The minimum absolute atomic E-state index is 0.0288. The Labute approximate surface area is 186 Å². The van der Waals surface area contributed by atoms with Crippen molar-refractivity contribution in [1.82, 2.24) is 5.43 Å². The number of esters is 1. The molecule has 0 fully saturated rings. The minimum atomic E-state index is -0.531. The molecule has 0 aliphatic heterocycles. The Kier molecular flexibility index (Phi) is 6.88. The van der Waals surface area contributed by atoms with E-state index in [0.29, 0.717) is 21.9 Å². The van der Waals surface area contributed by atoms with Crippen LogP contribution < -0.4 is 10.2 Å². The van der Waals surface area contributed by atoms with Gasteiger partial charge in [0, 0.05) is 5.56 Å². The number of rotatable bonds is 5. The van der Waals surface area contributed by atoms with Gasteiger partial charge in [-0.05, 0) is 65.1 Å². The van der Waals surface area contributed by atoms with E-state index in [1.54, 1.807) is 60.7 Å². The molecule has 3 aromatic carbocycles. The van der Waals surface area contributed by atoms with Crippen LogP contribution in [0.15, 0.2) is 77.9 Å². The van der Waals surface area contributed by atoms with Crippen LogP contribution in [0.5, 0.6) is 5.75 Å². The van der Waals surface area contributed by atoms with Crippen molar-refractivity contribution < 1.29 is 14.3 Å². The summed E-state index contributed by atoms with van der Waals surface area (Å²) in [6, 6.07) is 20.9. The summed E-state index contributed by atoms with van der Waals surface area (Å²) in [6.07, 6.45) is 1.51. The van der Waals surface area contributed by atoms with E-state index in [4.69, 9.17) is 16.3 Å². The number of hydrazone groups is 1. The Morgan fingerprint density at radius 3 is 2.19 bits per heavy atom. The normalized spacial score (nSPS) is 11.4. The number of hydrogen-bond acceptors (Lipinski definition) is 4. The summed E-state index contributed by atoms with van der Waals surface area (Å²) in [7, 11) is 0. The van der Waals surface area contributed by atoms with E-state index in [2.05, 4.69) is 31.3 Å². The Morgan fingerprint density at radius 2 is 1.58 bits per heavy atom. The molecule has 0 aliphatic carbocycles. The highest BCUT2D eigenvalue weighted by Gasteiger charge is 2.14. The molecule has 6 heteroatoms. The average Bonchev–Trinajstić information content (AvgIpc) is 2.74. The van der Waals surface area contributed by atoms with Crippen LogP contribution in [0.4, 0.5) is 0 Å².